The Morgan fingerprint density at radius 2 is 1.73 bits per heavy atom. The summed E-state index contributed by atoms with van der Waals surface area (Å²) in [6.45, 7) is 3.16. The number of nitrogens with zero attached hydrogens (tertiary/aromatic N) is 4. The molecule has 0 atom stereocenters. The van der Waals surface area contributed by atoms with Crippen LogP contribution in [-0.4, -0.2) is 54.4 Å². The molecule has 2 heterocycles. The van der Waals surface area contributed by atoms with Gasteiger partial charge in [0, 0.05) is 24.3 Å². The lowest BCUT2D eigenvalue weighted by molar-refractivity contribution is 0.0973. The van der Waals surface area contributed by atoms with E-state index in [0.29, 0.717) is 18.8 Å². The molecular weight excluding hydrogens is 462 g/mol. The Kier molecular flexibility index (Phi) is 7.35. The first-order chi connectivity index (χ1) is 18.1. The van der Waals surface area contributed by atoms with Gasteiger partial charge in [-0.25, -0.2) is 4.68 Å². The first-order valence-corrected chi connectivity index (χ1v) is 12.7. The Balaban J connectivity index is 1.38. The van der Waals surface area contributed by atoms with Gasteiger partial charge >= 0.3 is 0 Å². The number of benzene rings is 3. The molecule has 5 rings (SSSR count). The zero-order valence-corrected chi connectivity index (χ0v) is 21.4. The summed E-state index contributed by atoms with van der Waals surface area (Å²) in [4.78, 5) is 17.8. The van der Waals surface area contributed by atoms with Crippen LogP contribution < -0.4 is 15.4 Å². The average molecular weight is 496 g/mol. The van der Waals surface area contributed by atoms with Gasteiger partial charge in [0.2, 0.25) is 0 Å². The third-order valence-corrected chi connectivity index (χ3v) is 6.91. The number of hydrogen-bond acceptors (Lipinski definition) is 5. The van der Waals surface area contributed by atoms with Gasteiger partial charge in [-0.05, 0) is 86.1 Å². The summed E-state index contributed by atoms with van der Waals surface area (Å²) in [6.07, 6.45) is 3.55. The molecule has 0 fully saturated rings. The fourth-order valence-corrected chi connectivity index (χ4v) is 4.91. The van der Waals surface area contributed by atoms with E-state index in [0.717, 1.165) is 54.2 Å². The van der Waals surface area contributed by atoms with Gasteiger partial charge in [0.15, 0.2) is 0 Å². The highest BCUT2D eigenvalue weighted by atomic mass is 16.5. The van der Waals surface area contributed by atoms with Crippen LogP contribution in [-0.2, 0) is 13.0 Å². The Morgan fingerprint density at radius 3 is 2.46 bits per heavy atom. The van der Waals surface area contributed by atoms with Crippen molar-refractivity contribution in [3.05, 3.63) is 95.8 Å². The predicted octanol–water partition coefficient (Wildman–Crippen LogP) is 4.53. The Hall–Kier alpha value is -3.94. The lowest BCUT2D eigenvalue weighted by Crippen LogP contribution is -2.38. The molecule has 1 aromatic heterocycles. The minimum Gasteiger partial charge on any atom is -0.497 e. The number of ether oxygens (including phenoxy) is 1. The monoisotopic (exact) mass is 495 g/mol. The van der Waals surface area contributed by atoms with E-state index >= 15 is 0 Å². The smallest absolute Gasteiger partial charge is 0.277 e. The van der Waals surface area contributed by atoms with Crippen molar-refractivity contribution in [2.75, 3.05) is 38.7 Å². The van der Waals surface area contributed by atoms with Crippen LogP contribution in [0.5, 0.6) is 5.75 Å². The van der Waals surface area contributed by atoms with Crippen LogP contribution in [0.4, 0.5) is 5.69 Å². The summed E-state index contributed by atoms with van der Waals surface area (Å²) in [5, 5.41) is 4.53. The van der Waals surface area contributed by atoms with Gasteiger partial charge in [-0.15, -0.1) is 0 Å². The number of methoxy groups -OCH3 is 1. The van der Waals surface area contributed by atoms with E-state index in [2.05, 4.69) is 53.4 Å². The van der Waals surface area contributed by atoms with Crippen molar-refractivity contribution in [2.24, 2.45) is 5.73 Å². The summed E-state index contributed by atoms with van der Waals surface area (Å²) in [5.41, 5.74) is 12.6. The van der Waals surface area contributed by atoms with Crippen molar-refractivity contribution in [3.8, 4) is 22.6 Å². The van der Waals surface area contributed by atoms with Crippen molar-refractivity contribution >= 4 is 11.6 Å². The van der Waals surface area contributed by atoms with Gasteiger partial charge in [-0.2, -0.15) is 5.10 Å². The van der Waals surface area contributed by atoms with Gasteiger partial charge in [-0.3, -0.25) is 4.79 Å². The van der Waals surface area contributed by atoms with Crippen molar-refractivity contribution in [3.63, 3.8) is 0 Å². The number of nitrogens with two attached hydrogens (primary N) is 1. The standard InChI is InChI=1S/C30H33N5O2/c1-33(18-5-17-31)21-24-6-3-4-7-28(24)22-8-10-25(11-9-22)34-19-16-23-20-32-35(29(23)30(34)36)26-12-14-27(37-2)15-13-26/h3-4,6-15,20H,5,16-19,21,31H2,1-2H3. The normalized spacial score (nSPS) is 13.2. The molecule has 0 radical (unpaired) electrons. The summed E-state index contributed by atoms with van der Waals surface area (Å²) >= 11 is 0. The lowest BCUT2D eigenvalue weighted by atomic mass is 9.98. The van der Waals surface area contributed by atoms with Crippen molar-refractivity contribution in [2.45, 2.75) is 19.4 Å². The molecule has 1 aliphatic rings. The Morgan fingerprint density at radius 1 is 1.00 bits per heavy atom. The minimum absolute atomic E-state index is 0.0377. The first-order valence-electron chi connectivity index (χ1n) is 12.7. The maximum Gasteiger partial charge on any atom is 0.277 e. The third kappa shape index (κ3) is 5.14. The molecule has 4 aromatic rings. The number of aromatic nitrogens is 2. The van der Waals surface area contributed by atoms with E-state index < -0.39 is 0 Å². The molecular formula is C30H33N5O2. The van der Waals surface area contributed by atoms with Gasteiger partial charge in [0.25, 0.3) is 5.91 Å². The minimum atomic E-state index is -0.0377. The number of fused-ring (bicyclic) bond motifs is 1. The van der Waals surface area contributed by atoms with Crippen LogP contribution in [0, 0.1) is 0 Å². The summed E-state index contributed by atoms with van der Waals surface area (Å²) in [6, 6.07) is 24.4. The van der Waals surface area contributed by atoms with Gasteiger partial charge in [-0.1, -0.05) is 36.4 Å². The quantitative estimate of drug-likeness (QED) is 0.369. The molecule has 0 unspecified atom stereocenters. The molecule has 0 aliphatic carbocycles. The van der Waals surface area contributed by atoms with Crippen molar-refractivity contribution < 1.29 is 9.53 Å². The Labute approximate surface area is 218 Å². The van der Waals surface area contributed by atoms with Crippen LogP contribution in [0.2, 0.25) is 0 Å². The van der Waals surface area contributed by atoms with E-state index in [9.17, 15) is 4.79 Å². The van der Waals surface area contributed by atoms with Gasteiger partial charge < -0.3 is 20.3 Å². The molecule has 1 amide bonds. The topological polar surface area (TPSA) is 76.6 Å². The maximum atomic E-state index is 13.6. The molecule has 0 saturated carbocycles. The van der Waals surface area contributed by atoms with Crippen LogP contribution in [0.25, 0.3) is 16.8 Å². The number of carbonyl (C=O) groups is 1. The molecule has 0 spiro atoms. The van der Waals surface area contributed by atoms with E-state index in [1.807, 2.05) is 41.3 Å². The highest BCUT2D eigenvalue weighted by Gasteiger charge is 2.30. The zero-order valence-electron chi connectivity index (χ0n) is 21.4. The molecule has 1 aliphatic heterocycles. The van der Waals surface area contributed by atoms with E-state index in [1.54, 1.807) is 18.0 Å². The predicted molar refractivity (Wildman–Crippen MR) is 147 cm³/mol. The number of carbonyl (C=O) groups excluding carboxylic acids is 1. The fourth-order valence-electron chi connectivity index (χ4n) is 4.91. The molecule has 2 N–H and O–H groups in total. The Bertz CT molecular complexity index is 1360. The third-order valence-electron chi connectivity index (χ3n) is 6.91. The fraction of sp³-hybridized carbons (Fsp3) is 0.267. The summed E-state index contributed by atoms with van der Waals surface area (Å²) in [5.74, 6) is 0.728. The second-order valence-electron chi connectivity index (χ2n) is 9.42. The number of hydrogen-bond donors (Lipinski definition) is 1. The van der Waals surface area contributed by atoms with Gasteiger partial charge in [0.05, 0.1) is 19.0 Å². The highest BCUT2D eigenvalue weighted by molar-refractivity contribution is 6.07. The van der Waals surface area contributed by atoms with Crippen LogP contribution in [0.1, 0.15) is 28.0 Å². The van der Waals surface area contributed by atoms with Crippen LogP contribution in [0.15, 0.2) is 79.0 Å². The zero-order chi connectivity index (χ0) is 25.8. The lowest BCUT2D eigenvalue weighted by Gasteiger charge is -2.28. The average Bonchev–Trinajstić information content (AvgIpc) is 3.38. The number of amides is 1. The van der Waals surface area contributed by atoms with Crippen LogP contribution in [0.3, 0.4) is 0 Å². The molecule has 7 heteroatoms. The van der Waals surface area contributed by atoms with E-state index in [1.165, 1.54) is 11.1 Å². The largest absolute Gasteiger partial charge is 0.497 e. The van der Waals surface area contributed by atoms with Crippen molar-refractivity contribution in [1.29, 1.82) is 0 Å². The number of anilines is 1. The van der Waals surface area contributed by atoms with Crippen molar-refractivity contribution in [1.82, 2.24) is 14.7 Å². The van der Waals surface area contributed by atoms with E-state index in [4.69, 9.17) is 10.5 Å². The summed E-state index contributed by atoms with van der Waals surface area (Å²) < 4.78 is 7.00. The summed E-state index contributed by atoms with van der Waals surface area (Å²) in [7, 11) is 3.76. The SMILES string of the molecule is COc1ccc(-n2ncc3c2C(=O)N(c2ccc(-c4ccccc4CN(C)CCCN)cc2)CC3)cc1. The molecule has 7 nitrogen and oxygen atoms in total. The highest BCUT2D eigenvalue weighted by Crippen LogP contribution is 2.30. The number of rotatable bonds is 9. The molecule has 0 bridgehead atoms. The second-order valence-corrected chi connectivity index (χ2v) is 9.42. The first kappa shape index (κ1) is 24.7. The van der Waals surface area contributed by atoms with Crippen LogP contribution >= 0.6 is 0 Å². The maximum absolute atomic E-state index is 13.6. The molecule has 0 saturated heterocycles. The molecule has 190 valence electrons. The second kappa shape index (κ2) is 11.0. The molecule has 37 heavy (non-hydrogen) atoms. The van der Waals surface area contributed by atoms with Gasteiger partial charge in [0.1, 0.15) is 11.4 Å². The van der Waals surface area contributed by atoms with E-state index in [-0.39, 0.29) is 5.91 Å². The molecule has 3 aromatic carbocycles.